The molecule has 1 saturated heterocycles. The number of carbonyl (C=O) groups is 1. The van der Waals surface area contributed by atoms with Crippen LogP contribution in [0.4, 0.5) is 5.69 Å². The molecule has 24 heavy (non-hydrogen) atoms. The summed E-state index contributed by atoms with van der Waals surface area (Å²) in [5, 5.41) is 3.11. The van der Waals surface area contributed by atoms with Crippen LogP contribution in [-0.4, -0.2) is 40.5 Å². The topological polar surface area (TPSA) is 67.4 Å². The van der Waals surface area contributed by atoms with Gasteiger partial charge in [-0.15, -0.1) is 0 Å². The summed E-state index contributed by atoms with van der Waals surface area (Å²) in [5.74, 6) is 0.900. The van der Waals surface area contributed by atoms with Gasteiger partial charge in [-0.2, -0.15) is 4.98 Å². The first kappa shape index (κ1) is 16.7. The summed E-state index contributed by atoms with van der Waals surface area (Å²) >= 11 is 5.78. The van der Waals surface area contributed by atoms with Crippen molar-refractivity contribution in [2.45, 2.75) is 13.5 Å². The number of anilines is 1. The molecular weight excluding hydrogens is 328 g/mol. The van der Waals surface area contributed by atoms with Gasteiger partial charge in [-0.05, 0) is 17.7 Å². The van der Waals surface area contributed by atoms with Crippen molar-refractivity contribution in [2.24, 2.45) is 5.92 Å². The van der Waals surface area contributed by atoms with E-state index in [0.717, 1.165) is 25.3 Å². The second kappa shape index (κ2) is 7.59. The van der Waals surface area contributed by atoms with Crippen molar-refractivity contribution in [3.8, 4) is 5.88 Å². The Hall–Kier alpha value is -2.18. The molecule has 2 aromatic rings. The number of ether oxygens (including phenoxy) is 1. The molecule has 3 rings (SSSR count). The number of nitrogens with zero attached hydrogens (tertiary/aromatic N) is 3. The number of aromatic nitrogens is 2. The molecule has 0 atom stereocenters. The van der Waals surface area contributed by atoms with E-state index in [-0.39, 0.29) is 5.91 Å². The van der Waals surface area contributed by atoms with Gasteiger partial charge in [0.15, 0.2) is 5.15 Å². The van der Waals surface area contributed by atoms with E-state index in [1.54, 1.807) is 6.20 Å². The summed E-state index contributed by atoms with van der Waals surface area (Å²) in [6.07, 6.45) is 3.05. The lowest BCUT2D eigenvalue weighted by Gasteiger charge is -2.38. The highest BCUT2D eigenvalue weighted by Gasteiger charge is 2.27. The average Bonchev–Trinajstić information content (AvgIpc) is 2.50. The van der Waals surface area contributed by atoms with Crippen LogP contribution >= 0.6 is 11.6 Å². The predicted molar refractivity (Wildman–Crippen MR) is 92.0 cm³/mol. The highest BCUT2D eigenvalue weighted by Crippen LogP contribution is 2.21. The molecular formula is C17H19ClN4O2. The Bertz CT molecular complexity index is 702. The van der Waals surface area contributed by atoms with Gasteiger partial charge < -0.3 is 10.1 Å². The molecule has 7 heteroatoms. The molecule has 1 aromatic heterocycles. The molecule has 0 spiro atoms. The van der Waals surface area contributed by atoms with Gasteiger partial charge in [0.05, 0.1) is 19.0 Å². The minimum absolute atomic E-state index is 0.0577. The fourth-order valence-corrected chi connectivity index (χ4v) is 2.80. The first-order valence-corrected chi connectivity index (χ1v) is 8.15. The van der Waals surface area contributed by atoms with E-state index < -0.39 is 0 Å². The predicted octanol–water partition coefficient (Wildman–Crippen LogP) is 2.60. The molecule has 0 radical (unpaired) electrons. The van der Waals surface area contributed by atoms with Crippen molar-refractivity contribution in [2.75, 3.05) is 25.0 Å². The molecule has 1 aromatic carbocycles. The molecule has 6 nitrogen and oxygen atoms in total. The third-order valence-electron chi connectivity index (χ3n) is 3.76. The second-order valence-corrected chi connectivity index (χ2v) is 6.32. The number of nitrogens with one attached hydrogen (secondary N) is 1. The van der Waals surface area contributed by atoms with Gasteiger partial charge in [0, 0.05) is 38.2 Å². The minimum atomic E-state index is -0.0577. The van der Waals surface area contributed by atoms with Crippen molar-refractivity contribution in [1.82, 2.24) is 14.9 Å². The van der Waals surface area contributed by atoms with E-state index in [2.05, 4.69) is 20.2 Å². The summed E-state index contributed by atoms with van der Waals surface area (Å²) in [4.78, 5) is 21.4. The molecule has 1 fully saturated rings. The summed E-state index contributed by atoms with van der Waals surface area (Å²) in [6.45, 7) is 4.99. The maximum Gasteiger partial charge on any atom is 0.233 e. The summed E-state index contributed by atoms with van der Waals surface area (Å²) in [5.41, 5.74) is 2.05. The molecule has 0 saturated carbocycles. The fraction of sp³-hybridized carbons (Fsp3) is 0.353. The maximum atomic E-state index is 11.0. The average molecular weight is 347 g/mol. The number of hydrogen-bond acceptors (Lipinski definition) is 5. The van der Waals surface area contributed by atoms with Crippen molar-refractivity contribution < 1.29 is 9.53 Å². The molecule has 1 aliphatic heterocycles. The van der Waals surface area contributed by atoms with E-state index in [1.807, 2.05) is 24.3 Å². The number of hydrogen-bond donors (Lipinski definition) is 1. The van der Waals surface area contributed by atoms with Crippen molar-refractivity contribution in [3.63, 3.8) is 0 Å². The highest BCUT2D eigenvalue weighted by molar-refractivity contribution is 6.29. The van der Waals surface area contributed by atoms with Gasteiger partial charge in [0.25, 0.3) is 0 Å². The molecule has 0 bridgehead atoms. The number of benzene rings is 1. The van der Waals surface area contributed by atoms with Crippen LogP contribution in [0.15, 0.2) is 36.7 Å². The lowest BCUT2D eigenvalue weighted by atomic mass is 10.0. The molecule has 0 aliphatic carbocycles. The zero-order valence-corrected chi connectivity index (χ0v) is 14.2. The molecule has 1 N–H and O–H groups in total. The first-order valence-electron chi connectivity index (χ1n) is 7.78. The number of amides is 1. The first-order chi connectivity index (χ1) is 11.6. The Morgan fingerprint density at radius 1 is 1.33 bits per heavy atom. The Morgan fingerprint density at radius 3 is 2.75 bits per heavy atom. The monoisotopic (exact) mass is 346 g/mol. The van der Waals surface area contributed by atoms with Crippen LogP contribution in [-0.2, 0) is 11.3 Å². The van der Waals surface area contributed by atoms with Crippen LogP contribution in [0.25, 0.3) is 0 Å². The van der Waals surface area contributed by atoms with Crippen molar-refractivity contribution in [1.29, 1.82) is 0 Å². The van der Waals surface area contributed by atoms with E-state index >= 15 is 0 Å². The van der Waals surface area contributed by atoms with Crippen LogP contribution in [0.3, 0.4) is 0 Å². The van der Waals surface area contributed by atoms with Crippen LogP contribution in [0.1, 0.15) is 12.5 Å². The molecule has 0 unspecified atom stereocenters. The van der Waals surface area contributed by atoms with Crippen molar-refractivity contribution >= 4 is 23.2 Å². The smallest absolute Gasteiger partial charge is 0.233 e. The maximum absolute atomic E-state index is 11.0. The highest BCUT2D eigenvalue weighted by atomic mass is 35.5. The van der Waals surface area contributed by atoms with E-state index in [1.165, 1.54) is 18.7 Å². The van der Waals surface area contributed by atoms with E-state index in [0.29, 0.717) is 23.6 Å². The summed E-state index contributed by atoms with van der Waals surface area (Å²) < 4.78 is 5.62. The van der Waals surface area contributed by atoms with Gasteiger partial charge >= 0.3 is 0 Å². The van der Waals surface area contributed by atoms with E-state index in [4.69, 9.17) is 16.3 Å². The Morgan fingerprint density at radius 2 is 2.08 bits per heavy atom. The summed E-state index contributed by atoms with van der Waals surface area (Å²) in [6, 6.07) is 7.93. The molecule has 2 heterocycles. The zero-order chi connectivity index (χ0) is 16.9. The van der Waals surface area contributed by atoms with Crippen molar-refractivity contribution in [3.05, 3.63) is 47.4 Å². The number of rotatable bonds is 6. The fourth-order valence-electron chi connectivity index (χ4n) is 2.66. The van der Waals surface area contributed by atoms with Gasteiger partial charge in [0.1, 0.15) is 0 Å². The normalized spacial score (nSPS) is 14.9. The molecule has 1 amide bonds. The van der Waals surface area contributed by atoms with Gasteiger partial charge in [-0.25, -0.2) is 0 Å². The number of likely N-dealkylation sites (tertiary alicyclic amines) is 1. The van der Waals surface area contributed by atoms with Gasteiger partial charge in [-0.3, -0.25) is 14.7 Å². The number of carbonyl (C=O) groups excluding carboxylic acids is 1. The van der Waals surface area contributed by atoms with Crippen LogP contribution in [0.5, 0.6) is 5.88 Å². The Balaban J connectivity index is 1.40. The third-order valence-corrected chi connectivity index (χ3v) is 3.95. The standard InChI is InChI=1S/C17H19ClN4O2/c1-12(23)20-15-4-2-13(3-5-15)8-22-9-14(10-22)11-24-17-7-19-6-16(18)21-17/h2-7,14H,8-11H2,1H3,(H,20,23). The van der Waals surface area contributed by atoms with Crippen LogP contribution in [0, 0.1) is 5.92 Å². The largest absolute Gasteiger partial charge is 0.476 e. The number of halogens is 1. The Labute approximate surface area is 145 Å². The molecule has 1 aliphatic rings. The lowest BCUT2D eigenvalue weighted by Crippen LogP contribution is -2.48. The zero-order valence-electron chi connectivity index (χ0n) is 13.4. The van der Waals surface area contributed by atoms with E-state index in [9.17, 15) is 4.79 Å². The SMILES string of the molecule is CC(=O)Nc1ccc(CN2CC(COc3cncc(Cl)n3)C2)cc1. The summed E-state index contributed by atoms with van der Waals surface area (Å²) in [7, 11) is 0. The lowest BCUT2D eigenvalue weighted by molar-refractivity contribution is -0.114. The van der Waals surface area contributed by atoms with Gasteiger partial charge in [-0.1, -0.05) is 23.7 Å². The third kappa shape index (κ3) is 4.66. The van der Waals surface area contributed by atoms with Crippen LogP contribution < -0.4 is 10.1 Å². The Kier molecular flexibility index (Phi) is 5.27. The van der Waals surface area contributed by atoms with Crippen LogP contribution in [0.2, 0.25) is 5.15 Å². The quantitative estimate of drug-likeness (QED) is 0.870. The minimum Gasteiger partial charge on any atom is -0.476 e. The van der Waals surface area contributed by atoms with Gasteiger partial charge in [0.2, 0.25) is 11.8 Å². The molecule has 126 valence electrons. The second-order valence-electron chi connectivity index (χ2n) is 5.93.